The number of nitrogens with two attached hydrogens (primary N) is 2. The van der Waals surface area contributed by atoms with Gasteiger partial charge in [-0.2, -0.15) is 0 Å². The minimum absolute atomic E-state index is 0.357. The molecule has 6 heteroatoms. The highest BCUT2D eigenvalue weighted by Gasteiger charge is 2.13. The van der Waals surface area contributed by atoms with E-state index in [0.717, 1.165) is 5.69 Å². The molecule has 5 N–H and O–H groups in total. The number of para-hydroxylation sites is 1. The third-order valence-electron chi connectivity index (χ3n) is 2.71. The minimum Gasteiger partial charge on any atom is -0.397 e. The molecule has 5 nitrogen and oxygen atoms in total. The number of anilines is 3. The first-order valence-corrected chi connectivity index (χ1v) is 6.77. The van der Waals surface area contributed by atoms with Gasteiger partial charge in [0.1, 0.15) is 0 Å². The fraction of sp³-hybridized carbons (Fsp3) is 0.231. The molecular weight excluding hydrogens is 260 g/mol. The molecule has 100 valence electrons. The Morgan fingerprint density at radius 2 is 2.16 bits per heavy atom. The third kappa shape index (κ3) is 2.85. The lowest BCUT2D eigenvalue weighted by Crippen LogP contribution is -2.14. The Bertz CT molecular complexity index is 606. The second-order valence-electron chi connectivity index (χ2n) is 4.49. The number of carbonyl (C=O) groups excluding carboxylic acids is 1. The van der Waals surface area contributed by atoms with Crippen molar-refractivity contribution in [3.05, 3.63) is 34.8 Å². The van der Waals surface area contributed by atoms with Crippen LogP contribution in [0.25, 0.3) is 0 Å². The molecule has 0 atom stereocenters. The molecule has 0 radical (unpaired) electrons. The number of aromatic nitrogens is 1. The van der Waals surface area contributed by atoms with Crippen LogP contribution in [0.15, 0.2) is 23.6 Å². The molecule has 0 saturated heterocycles. The van der Waals surface area contributed by atoms with Gasteiger partial charge in [-0.05, 0) is 18.1 Å². The molecule has 1 aromatic carbocycles. The number of carbonyl (C=O) groups is 1. The summed E-state index contributed by atoms with van der Waals surface area (Å²) in [5, 5.41) is 5.76. The second-order valence-corrected chi connectivity index (χ2v) is 5.35. The largest absolute Gasteiger partial charge is 0.397 e. The van der Waals surface area contributed by atoms with Gasteiger partial charge in [0.25, 0.3) is 5.91 Å². The SMILES string of the molecule is CC(C)c1csc(Nc2c(N)cccc2C(N)=O)n1. The van der Waals surface area contributed by atoms with Crippen molar-refractivity contribution >= 4 is 33.8 Å². The maximum absolute atomic E-state index is 11.4. The number of thiazole rings is 1. The summed E-state index contributed by atoms with van der Waals surface area (Å²) in [5.74, 6) is -0.161. The Labute approximate surface area is 115 Å². The molecule has 0 aliphatic heterocycles. The molecule has 0 spiro atoms. The van der Waals surface area contributed by atoms with Crippen LogP contribution in [-0.2, 0) is 0 Å². The number of nitrogens with zero attached hydrogens (tertiary/aromatic N) is 1. The molecule has 1 amide bonds. The van der Waals surface area contributed by atoms with Crippen molar-refractivity contribution in [2.75, 3.05) is 11.1 Å². The summed E-state index contributed by atoms with van der Waals surface area (Å²) < 4.78 is 0. The van der Waals surface area contributed by atoms with Crippen LogP contribution >= 0.6 is 11.3 Å². The Morgan fingerprint density at radius 3 is 2.74 bits per heavy atom. The van der Waals surface area contributed by atoms with Crippen LogP contribution in [0.3, 0.4) is 0 Å². The molecule has 0 bridgehead atoms. The predicted molar refractivity (Wildman–Crippen MR) is 78.9 cm³/mol. The van der Waals surface area contributed by atoms with Gasteiger partial charge in [-0.15, -0.1) is 11.3 Å². The zero-order valence-electron chi connectivity index (χ0n) is 10.8. The maximum Gasteiger partial charge on any atom is 0.250 e. The topological polar surface area (TPSA) is 94.0 Å². The number of hydrogen-bond acceptors (Lipinski definition) is 5. The van der Waals surface area contributed by atoms with Gasteiger partial charge in [-0.25, -0.2) is 4.98 Å². The lowest BCUT2D eigenvalue weighted by molar-refractivity contribution is 0.100. The third-order valence-corrected chi connectivity index (χ3v) is 3.48. The first-order valence-electron chi connectivity index (χ1n) is 5.89. The normalized spacial score (nSPS) is 10.7. The van der Waals surface area contributed by atoms with Gasteiger partial charge in [-0.3, -0.25) is 4.79 Å². The fourth-order valence-electron chi connectivity index (χ4n) is 1.63. The predicted octanol–water partition coefficient (Wildman–Crippen LogP) is 2.69. The van der Waals surface area contributed by atoms with E-state index in [1.54, 1.807) is 18.2 Å². The van der Waals surface area contributed by atoms with Gasteiger partial charge in [0, 0.05) is 5.38 Å². The van der Waals surface area contributed by atoms with Crippen molar-refractivity contribution in [1.82, 2.24) is 4.98 Å². The highest BCUT2D eigenvalue weighted by atomic mass is 32.1. The van der Waals surface area contributed by atoms with E-state index in [0.29, 0.717) is 28.0 Å². The van der Waals surface area contributed by atoms with E-state index in [-0.39, 0.29) is 0 Å². The maximum atomic E-state index is 11.4. The average molecular weight is 276 g/mol. The Kier molecular flexibility index (Phi) is 3.71. The zero-order chi connectivity index (χ0) is 14.0. The van der Waals surface area contributed by atoms with Crippen LogP contribution in [0, 0.1) is 0 Å². The van der Waals surface area contributed by atoms with Gasteiger partial charge in [-0.1, -0.05) is 19.9 Å². The first-order chi connectivity index (χ1) is 8.99. The lowest BCUT2D eigenvalue weighted by Gasteiger charge is -2.10. The Morgan fingerprint density at radius 1 is 1.42 bits per heavy atom. The number of hydrogen-bond donors (Lipinski definition) is 3. The summed E-state index contributed by atoms with van der Waals surface area (Å²) in [4.78, 5) is 15.8. The molecule has 2 rings (SSSR count). The van der Waals surface area contributed by atoms with Crippen molar-refractivity contribution in [2.45, 2.75) is 19.8 Å². The summed E-state index contributed by atoms with van der Waals surface area (Å²) in [5.41, 5.74) is 13.6. The number of benzene rings is 1. The summed E-state index contributed by atoms with van der Waals surface area (Å²) in [7, 11) is 0. The van der Waals surface area contributed by atoms with Crippen molar-refractivity contribution in [2.24, 2.45) is 5.73 Å². The van der Waals surface area contributed by atoms with Crippen LogP contribution in [0.4, 0.5) is 16.5 Å². The standard InChI is InChI=1S/C13H16N4OS/c1-7(2)10-6-19-13(16-10)17-11-8(12(15)18)4-3-5-9(11)14/h3-7H,14H2,1-2H3,(H2,15,18)(H,16,17). The van der Waals surface area contributed by atoms with Gasteiger partial charge in [0.05, 0.1) is 22.6 Å². The smallest absolute Gasteiger partial charge is 0.250 e. The van der Waals surface area contributed by atoms with Crippen LogP contribution in [0.1, 0.15) is 35.8 Å². The van der Waals surface area contributed by atoms with E-state index in [9.17, 15) is 4.79 Å². The van der Waals surface area contributed by atoms with Gasteiger partial charge in [0.2, 0.25) is 0 Å². The second kappa shape index (κ2) is 5.27. The fourth-order valence-corrected chi connectivity index (χ4v) is 2.51. The highest BCUT2D eigenvalue weighted by Crippen LogP contribution is 2.30. The molecule has 1 heterocycles. The van der Waals surface area contributed by atoms with Gasteiger partial charge >= 0.3 is 0 Å². The van der Waals surface area contributed by atoms with Gasteiger partial charge < -0.3 is 16.8 Å². The molecule has 0 aliphatic carbocycles. The summed E-state index contributed by atoms with van der Waals surface area (Å²) in [6.07, 6.45) is 0. The quantitative estimate of drug-likeness (QED) is 0.748. The van der Waals surface area contributed by atoms with Crippen LogP contribution < -0.4 is 16.8 Å². The highest BCUT2D eigenvalue weighted by molar-refractivity contribution is 7.13. The first kappa shape index (κ1) is 13.4. The molecular formula is C13H16N4OS. The van der Waals surface area contributed by atoms with E-state index in [1.807, 2.05) is 5.38 Å². The molecule has 2 aromatic rings. The lowest BCUT2D eigenvalue weighted by atomic mass is 10.1. The van der Waals surface area contributed by atoms with Crippen molar-refractivity contribution in [3.8, 4) is 0 Å². The van der Waals surface area contributed by atoms with Crippen LogP contribution in [0.5, 0.6) is 0 Å². The van der Waals surface area contributed by atoms with E-state index >= 15 is 0 Å². The summed E-state index contributed by atoms with van der Waals surface area (Å²) in [6, 6.07) is 5.05. The minimum atomic E-state index is -0.518. The summed E-state index contributed by atoms with van der Waals surface area (Å²) in [6.45, 7) is 4.15. The van der Waals surface area contributed by atoms with Crippen molar-refractivity contribution < 1.29 is 4.79 Å². The number of nitrogen functional groups attached to an aromatic ring is 1. The van der Waals surface area contributed by atoms with Gasteiger partial charge in [0.15, 0.2) is 5.13 Å². The van der Waals surface area contributed by atoms with Crippen molar-refractivity contribution in [1.29, 1.82) is 0 Å². The molecule has 19 heavy (non-hydrogen) atoms. The molecule has 0 fully saturated rings. The molecule has 1 aromatic heterocycles. The number of primary amides is 1. The zero-order valence-corrected chi connectivity index (χ0v) is 11.6. The monoisotopic (exact) mass is 276 g/mol. The number of amides is 1. The number of rotatable bonds is 4. The van der Waals surface area contributed by atoms with E-state index in [4.69, 9.17) is 11.5 Å². The summed E-state index contributed by atoms with van der Waals surface area (Å²) >= 11 is 1.47. The molecule has 0 unspecified atom stereocenters. The average Bonchev–Trinajstić information content (AvgIpc) is 2.80. The van der Waals surface area contributed by atoms with Crippen LogP contribution in [-0.4, -0.2) is 10.9 Å². The van der Waals surface area contributed by atoms with Crippen molar-refractivity contribution in [3.63, 3.8) is 0 Å². The van der Waals surface area contributed by atoms with E-state index < -0.39 is 5.91 Å². The molecule has 0 aliphatic rings. The molecule has 0 saturated carbocycles. The van der Waals surface area contributed by atoms with E-state index in [1.165, 1.54) is 11.3 Å². The van der Waals surface area contributed by atoms with E-state index in [2.05, 4.69) is 24.1 Å². The Hall–Kier alpha value is -2.08. The Balaban J connectivity index is 2.34. The van der Waals surface area contributed by atoms with Crippen LogP contribution in [0.2, 0.25) is 0 Å². The number of nitrogens with one attached hydrogen (secondary N) is 1.